The molecule has 2 aromatic carbocycles. The third kappa shape index (κ3) is 7.17. The van der Waals surface area contributed by atoms with Crippen molar-refractivity contribution < 1.29 is 19.1 Å². The molecule has 0 saturated carbocycles. The summed E-state index contributed by atoms with van der Waals surface area (Å²) < 4.78 is 11.7. The molecule has 2 aromatic rings. The van der Waals surface area contributed by atoms with Crippen molar-refractivity contribution in [3.8, 4) is 0 Å². The summed E-state index contributed by atoms with van der Waals surface area (Å²) in [7, 11) is 0. The van der Waals surface area contributed by atoms with Gasteiger partial charge in [-0.2, -0.15) is 0 Å². The van der Waals surface area contributed by atoms with Crippen molar-refractivity contribution in [2.24, 2.45) is 0 Å². The van der Waals surface area contributed by atoms with E-state index in [4.69, 9.17) is 9.47 Å². The van der Waals surface area contributed by atoms with Crippen molar-refractivity contribution in [2.45, 2.75) is 44.8 Å². The fraction of sp³-hybridized carbons (Fsp3) is 0.440. The number of Topliss-reactive ketones (excluding diaryl/α,β-unsaturated/α-hetero) is 1. The van der Waals surface area contributed by atoms with E-state index in [9.17, 15) is 9.59 Å². The van der Waals surface area contributed by atoms with Crippen molar-refractivity contribution in [3.05, 3.63) is 71.8 Å². The van der Waals surface area contributed by atoms with E-state index in [2.05, 4.69) is 4.90 Å². The Morgan fingerprint density at radius 2 is 1.48 bits per heavy atom. The third-order valence-corrected chi connectivity index (χ3v) is 5.61. The minimum atomic E-state index is -1.65. The summed E-state index contributed by atoms with van der Waals surface area (Å²) in [6, 6.07) is 19.0. The molecule has 0 aromatic heterocycles. The highest BCUT2D eigenvalue weighted by Gasteiger charge is 2.46. The lowest BCUT2D eigenvalue weighted by molar-refractivity contribution is -0.179. The summed E-state index contributed by atoms with van der Waals surface area (Å²) in [4.78, 5) is 28.2. The molecule has 3 rings (SSSR count). The fourth-order valence-electron chi connectivity index (χ4n) is 3.78. The number of piperidine rings is 1. The van der Waals surface area contributed by atoms with Gasteiger partial charge in [0.05, 0.1) is 6.61 Å². The van der Waals surface area contributed by atoms with Crippen LogP contribution in [0.25, 0.3) is 0 Å². The molecule has 6 heteroatoms. The predicted octanol–water partition coefficient (Wildman–Crippen LogP) is 4.22. The van der Waals surface area contributed by atoms with Crippen LogP contribution in [0.4, 0.5) is 0 Å². The highest BCUT2D eigenvalue weighted by atomic mass is 35.5. The Bertz CT molecular complexity index is 809. The molecule has 0 aliphatic carbocycles. The lowest BCUT2D eigenvalue weighted by atomic mass is 9.90. The van der Waals surface area contributed by atoms with Crippen LogP contribution in [0.3, 0.4) is 0 Å². The van der Waals surface area contributed by atoms with Gasteiger partial charge in [-0.15, -0.1) is 12.4 Å². The number of esters is 1. The van der Waals surface area contributed by atoms with Crippen LogP contribution in [0.15, 0.2) is 60.7 Å². The second kappa shape index (κ2) is 12.6. The zero-order valence-electron chi connectivity index (χ0n) is 18.1. The van der Waals surface area contributed by atoms with Gasteiger partial charge in [0.1, 0.15) is 6.61 Å². The minimum Gasteiger partial charge on any atom is -0.462 e. The first-order valence-electron chi connectivity index (χ1n) is 10.7. The molecule has 0 N–H and O–H groups in total. The van der Waals surface area contributed by atoms with Gasteiger partial charge in [0.25, 0.3) is 0 Å². The van der Waals surface area contributed by atoms with Gasteiger partial charge in [0.15, 0.2) is 5.78 Å². The van der Waals surface area contributed by atoms with Crippen LogP contribution in [0.2, 0.25) is 0 Å². The highest BCUT2D eigenvalue weighted by Crippen LogP contribution is 2.24. The number of hydrogen-bond acceptors (Lipinski definition) is 5. The van der Waals surface area contributed by atoms with E-state index >= 15 is 0 Å². The van der Waals surface area contributed by atoms with Crippen LogP contribution in [0, 0.1) is 0 Å². The Balaban J connectivity index is 0.00000341. The predicted molar refractivity (Wildman–Crippen MR) is 123 cm³/mol. The Hall–Kier alpha value is -2.21. The summed E-state index contributed by atoms with van der Waals surface area (Å²) in [5.41, 5.74) is 0.102. The summed E-state index contributed by atoms with van der Waals surface area (Å²) in [6.45, 7) is 4.57. The van der Waals surface area contributed by atoms with E-state index in [-0.39, 0.29) is 37.8 Å². The highest BCUT2D eigenvalue weighted by molar-refractivity contribution is 6.06. The number of carbonyl (C=O) groups excluding carboxylic acids is 2. The summed E-state index contributed by atoms with van der Waals surface area (Å²) >= 11 is 0. The number of halogens is 1. The number of ether oxygens (including phenoxy) is 2. The lowest BCUT2D eigenvalue weighted by Crippen LogP contribution is -2.51. The summed E-state index contributed by atoms with van der Waals surface area (Å²) in [5, 5.41) is 0. The van der Waals surface area contributed by atoms with E-state index in [0.29, 0.717) is 6.54 Å². The van der Waals surface area contributed by atoms with Crippen molar-refractivity contribution in [2.75, 3.05) is 26.2 Å². The van der Waals surface area contributed by atoms with Crippen molar-refractivity contribution >= 4 is 24.2 Å². The maximum atomic E-state index is 13.2. The zero-order valence-corrected chi connectivity index (χ0v) is 18.9. The molecule has 1 aliphatic rings. The van der Waals surface area contributed by atoms with Crippen LogP contribution >= 0.6 is 12.4 Å². The Labute approximate surface area is 191 Å². The average molecular weight is 446 g/mol. The number of carbonyl (C=O) groups is 2. The van der Waals surface area contributed by atoms with Gasteiger partial charge in [-0.05, 0) is 44.0 Å². The van der Waals surface area contributed by atoms with Gasteiger partial charge >= 0.3 is 5.97 Å². The Kier molecular flexibility index (Phi) is 10.2. The Morgan fingerprint density at radius 1 is 0.903 bits per heavy atom. The molecule has 1 unspecified atom stereocenters. The van der Waals surface area contributed by atoms with Crippen molar-refractivity contribution in [1.82, 2.24) is 4.90 Å². The van der Waals surface area contributed by atoms with Gasteiger partial charge in [-0.25, -0.2) is 4.79 Å². The molecule has 0 spiro atoms. The van der Waals surface area contributed by atoms with E-state index in [0.717, 1.165) is 24.2 Å². The molecule has 1 heterocycles. The molecule has 0 radical (unpaired) electrons. The van der Waals surface area contributed by atoms with Gasteiger partial charge < -0.3 is 9.47 Å². The van der Waals surface area contributed by atoms with Crippen molar-refractivity contribution in [1.29, 1.82) is 0 Å². The van der Waals surface area contributed by atoms with E-state index in [1.165, 1.54) is 26.2 Å². The summed E-state index contributed by atoms with van der Waals surface area (Å²) in [6.07, 6.45) is 3.77. The van der Waals surface area contributed by atoms with Crippen molar-refractivity contribution in [3.63, 3.8) is 0 Å². The number of benzene rings is 2. The molecule has 1 atom stereocenters. The molecule has 0 amide bonds. The number of ketones is 1. The first-order valence-corrected chi connectivity index (χ1v) is 10.7. The second-order valence-corrected chi connectivity index (χ2v) is 7.86. The molecular weight excluding hydrogens is 414 g/mol. The topological polar surface area (TPSA) is 55.8 Å². The molecular formula is C25H32ClNO4. The largest absolute Gasteiger partial charge is 0.462 e. The SMILES string of the molecule is CC(=O)C(Cc1ccccc1)(OCc1ccccc1)C(=O)OCCN1CCCCC1.Cl. The molecule has 31 heavy (non-hydrogen) atoms. The maximum absolute atomic E-state index is 13.2. The Morgan fingerprint density at radius 3 is 2.06 bits per heavy atom. The van der Waals surface area contributed by atoms with E-state index < -0.39 is 11.6 Å². The first kappa shape index (κ1) is 25.1. The number of nitrogens with zero attached hydrogens (tertiary/aromatic N) is 1. The molecule has 1 fully saturated rings. The monoisotopic (exact) mass is 445 g/mol. The van der Waals surface area contributed by atoms with Crippen LogP contribution in [-0.2, 0) is 32.1 Å². The first-order chi connectivity index (χ1) is 14.6. The third-order valence-electron chi connectivity index (χ3n) is 5.61. The zero-order chi connectivity index (χ0) is 21.2. The minimum absolute atomic E-state index is 0. The number of hydrogen-bond donors (Lipinski definition) is 0. The lowest BCUT2D eigenvalue weighted by Gasteiger charge is -2.31. The smallest absolute Gasteiger partial charge is 0.346 e. The number of likely N-dealkylation sites (tertiary alicyclic amines) is 1. The quantitative estimate of drug-likeness (QED) is 0.404. The van der Waals surface area contributed by atoms with Crippen LogP contribution in [0.1, 0.15) is 37.3 Å². The van der Waals surface area contributed by atoms with Gasteiger partial charge in [0, 0.05) is 13.0 Å². The van der Waals surface area contributed by atoms with Crippen LogP contribution in [-0.4, -0.2) is 48.5 Å². The van der Waals surface area contributed by atoms with E-state index in [1.54, 1.807) is 0 Å². The van der Waals surface area contributed by atoms with Crippen LogP contribution in [0.5, 0.6) is 0 Å². The van der Waals surface area contributed by atoms with Crippen LogP contribution < -0.4 is 0 Å². The average Bonchev–Trinajstić information content (AvgIpc) is 2.78. The molecule has 1 saturated heterocycles. The molecule has 0 bridgehead atoms. The summed E-state index contributed by atoms with van der Waals surface area (Å²) in [5.74, 6) is -0.947. The van der Waals surface area contributed by atoms with E-state index in [1.807, 2.05) is 60.7 Å². The van der Waals surface area contributed by atoms with Gasteiger partial charge in [-0.1, -0.05) is 67.1 Å². The molecule has 1 aliphatic heterocycles. The molecule has 5 nitrogen and oxygen atoms in total. The standard InChI is InChI=1S/C25H31NO4.ClH/c1-21(27)25(19-22-11-5-2-6-12-22,30-20-23-13-7-3-8-14-23)24(28)29-18-17-26-15-9-4-10-16-26;/h2-3,5-8,11-14H,4,9-10,15-20H2,1H3;1H. The van der Waals surface area contributed by atoms with Gasteiger partial charge in [-0.3, -0.25) is 9.69 Å². The number of rotatable bonds is 10. The van der Waals surface area contributed by atoms with Gasteiger partial charge in [0.2, 0.25) is 5.60 Å². The second-order valence-electron chi connectivity index (χ2n) is 7.86. The molecule has 168 valence electrons. The fourth-order valence-corrected chi connectivity index (χ4v) is 3.78. The normalized spacial score (nSPS) is 16.0. The maximum Gasteiger partial charge on any atom is 0.346 e.